The second kappa shape index (κ2) is 3.48. The van der Waals surface area contributed by atoms with E-state index in [9.17, 15) is 4.79 Å². The smallest absolute Gasteiger partial charge is 0.287 e. The van der Waals surface area contributed by atoms with E-state index < -0.39 is 0 Å². The zero-order valence-corrected chi connectivity index (χ0v) is 8.54. The summed E-state index contributed by atoms with van der Waals surface area (Å²) >= 11 is 0. The van der Waals surface area contributed by atoms with Crippen LogP contribution in [0.25, 0.3) is 0 Å². The quantitative estimate of drug-likeness (QED) is 0.798. The van der Waals surface area contributed by atoms with E-state index in [0.29, 0.717) is 11.7 Å². The molecule has 1 N–H and O–H groups in total. The molecule has 76 valence electrons. The number of carbonyl (C=O) groups excluding carboxylic acids is 1. The first-order valence-corrected chi connectivity index (χ1v) is 5.03. The minimum Gasteiger partial charge on any atom is -0.459 e. The van der Waals surface area contributed by atoms with Crippen LogP contribution >= 0.6 is 0 Å². The fraction of sp³-hybridized carbons (Fsp3) is 0.545. The number of furan rings is 1. The zero-order chi connectivity index (χ0) is 10.1. The van der Waals surface area contributed by atoms with Crippen LogP contribution in [0.5, 0.6) is 0 Å². The predicted molar refractivity (Wildman–Crippen MR) is 53.1 cm³/mol. The Morgan fingerprint density at radius 1 is 1.64 bits per heavy atom. The molecule has 0 aliphatic heterocycles. The van der Waals surface area contributed by atoms with Crippen molar-refractivity contribution in [1.82, 2.24) is 5.32 Å². The van der Waals surface area contributed by atoms with E-state index in [0.717, 1.165) is 5.56 Å². The van der Waals surface area contributed by atoms with Crippen LogP contribution in [-0.2, 0) is 0 Å². The molecule has 0 aromatic carbocycles. The van der Waals surface area contributed by atoms with Crippen LogP contribution in [0.2, 0.25) is 0 Å². The van der Waals surface area contributed by atoms with E-state index in [1.807, 2.05) is 13.8 Å². The fourth-order valence-corrected chi connectivity index (χ4v) is 1.59. The van der Waals surface area contributed by atoms with Crippen LogP contribution in [0.1, 0.15) is 35.9 Å². The van der Waals surface area contributed by atoms with Gasteiger partial charge in [-0.25, -0.2) is 0 Å². The molecule has 1 aliphatic rings. The van der Waals surface area contributed by atoms with Gasteiger partial charge >= 0.3 is 0 Å². The van der Waals surface area contributed by atoms with Gasteiger partial charge in [-0.05, 0) is 38.7 Å². The number of hydrogen-bond donors (Lipinski definition) is 1. The summed E-state index contributed by atoms with van der Waals surface area (Å²) in [5.74, 6) is 1.03. The number of amides is 1. The van der Waals surface area contributed by atoms with Crippen molar-refractivity contribution in [2.45, 2.75) is 32.7 Å². The van der Waals surface area contributed by atoms with E-state index in [4.69, 9.17) is 4.42 Å². The van der Waals surface area contributed by atoms with Crippen LogP contribution in [0.15, 0.2) is 16.7 Å². The zero-order valence-electron chi connectivity index (χ0n) is 8.54. The van der Waals surface area contributed by atoms with Gasteiger partial charge in [0.25, 0.3) is 5.91 Å². The van der Waals surface area contributed by atoms with Gasteiger partial charge in [0.05, 0.1) is 6.26 Å². The summed E-state index contributed by atoms with van der Waals surface area (Å²) in [5, 5.41) is 2.95. The molecule has 14 heavy (non-hydrogen) atoms. The van der Waals surface area contributed by atoms with Crippen molar-refractivity contribution in [2.24, 2.45) is 5.92 Å². The van der Waals surface area contributed by atoms with Crippen LogP contribution in [0, 0.1) is 12.8 Å². The summed E-state index contributed by atoms with van der Waals surface area (Å²) < 4.78 is 5.12. The standard InChI is InChI=1S/C11H15NO2/c1-7-5-6-14-10(7)11(13)12-8(2)9-3-4-9/h5-6,8-9H,3-4H2,1-2H3,(H,12,13)/t8-/m0/s1. The van der Waals surface area contributed by atoms with Gasteiger partial charge in [0, 0.05) is 11.6 Å². The molecule has 3 nitrogen and oxygen atoms in total. The summed E-state index contributed by atoms with van der Waals surface area (Å²) in [6.07, 6.45) is 4.02. The van der Waals surface area contributed by atoms with Crippen molar-refractivity contribution < 1.29 is 9.21 Å². The summed E-state index contributed by atoms with van der Waals surface area (Å²) in [5.41, 5.74) is 0.894. The van der Waals surface area contributed by atoms with Crippen molar-refractivity contribution in [1.29, 1.82) is 0 Å². The van der Waals surface area contributed by atoms with E-state index in [1.165, 1.54) is 12.8 Å². The molecule has 0 bridgehead atoms. The van der Waals surface area contributed by atoms with Crippen molar-refractivity contribution in [3.8, 4) is 0 Å². The highest BCUT2D eigenvalue weighted by Gasteiger charge is 2.29. The second-order valence-electron chi connectivity index (χ2n) is 4.03. The first-order chi connectivity index (χ1) is 6.68. The third kappa shape index (κ3) is 1.81. The Morgan fingerprint density at radius 3 is 2.86 bits per heavy atom. The van der Waals surface area contributed by atoms with Crippen molar-refractivity contribution in [3.63, 3.8) is 0 Å². The molecule has 3 heteroatoms. The Balaban J connectivity index is 1.98. The van der Waals surface area contributed by atoms with Gasteiger partial charge in [-0.15, -0.1) is 0 Å². The molecule has 1 aromatic rings. The monoisotopic (exact) mass is 193 g/mol. The van der Waals surface area contributed by atoms with Crippen LogP contribution in [0.4, 0.5) is 0 Å². The average Bonchev–Trinajstić information content (AvgIpc) is 2.89. The number of carbonyl (C=O) groups is 1. The maximum Gasteiger partial charge on any atom is 0.287 e. The summed E-state index contributed by atoms with van der Waals surface area (Å²) in [6.45, 7) is 3.92. The summed E-state index contributed by atoms with van der Waals surface area (Å²) in [7, 11) is 0. The lowest BCUT2D eigenvalue weighted by atomic mass is 10.2. The third-order valence-corrected chi connectivity index (χ3v) is 2.76. The van der Waals surface area contributed by atoms with Crippen molar-refractivity contribution in [3.05, 3.63) is 23.7 Å². The van der Waals surface area contributed by atoms with E-state index in [-0.39, 0.29) is 11.9 Å². The molecule has 2 rings (SSSR count). The summed E-state index contributed by atoms with van der Waals surface area (Å²) in [4.78, 5) is 11.7. The minimum atomic E-state index is -0.0908. The molecule has 1 saturated carbocycles. The van der Waals surface area contributed by atoms with Gasteiger partial charge < -0.3 is 9.73 Å². The Kier molecular flexibility index (Phi) is 2.32. The number of hydrogen-bond acceptors (Lipinski definition) is 2. The molecule has 1 heterocycles. The molecular weight excluding hydrogens is 178 g/mol. The largest absolute Gasteiger partial charge is 0.459 e. The van der Waals surface area contributed by atoms with Gasteiger partial charge in [0.1, 0.15) is 0 Å². The SMILES string of the molecule is Cc1ccoc1C(=O)N[C@@H](C)C1CC1. The maximum absolute atomic E-state index is 11.7. The predicted octanol–water partition coefficient (Wildman–Crippen LogP) is 2.12. The molecule has 1 aliphatic carbocycles. The lowest BCUT2D eigenvalue weighted by molar-refractivity contribution is 0.0907. The van der Waals surface area contributed by atoms with Gasteiger partial charge in [0.2, 0.25) is 0 Å². The molecule has 0 saturated heterocycles. The average molecular weight is 193 g/mol. The highest BCUT2D eigenvalue weighted by Crippen LogP contribution is 2.32. The van der Waals surface area contributed by atoms with Gasteiger partial charge in [-0.1, -0.05) is 0 Å². The van der Waals surface area contributed by atoms with Crippen LogP contribution in [-0.4, -0.2) is 11.9 Å². The maximum atomic E-state index is 11.7. The molecule has 0 unspecified atom stereocenters. The fourth-order valence-electron chi connectivity index (χ4n) is 1.59. The molecule has 0 spiro atoms. The lowest BCUT2D eigenvalue weighted by Crippen LogP contribution is -2.34. The third-order valence-electron chi connectivity index (χ3n) is 2.76. The first kappa shape index (κ1) is 9.31. The van der Waals surface area contributed by atoms with Crippen molar-refractivity contribution in [2.75, 3.05) is 0 Å². The van der Waals surface area contributed by atoms with Crippen LogP contribution in [0.3, 0.4) is 0 Å². The van der Waals surface area contributed by atoms with Crippen molar-refractivity contribution >= 4 is 5.91 Å². The Bertz CT molecular complexity index is 339. The van der Waals surface area contributed by atoms with E-state index in [2.05, 4.69) is 5.32 Å². The second-order valence-corrected chi connectivity index (χ2v) is 4.03. The van der Waals surface area contributed by atoms with Gasteiger partial charge in [-0.3, -0.25) is 4.79 Å². The van der Waals surface area contributed by atoms with E-state index >= 15 is 0 Å². The molecule has 1 amide bonds. The Hall–Kier alpha value is -1.25. The Labute approximate surface area is 83.5 Å². The molecular formula is C11H15NO2. The van der Waals surface area contributed by atoms with E-state index in [1.54, 1.807) is 12.3 Å². The number of rotatable bonds is 3. The normalized spacial score (nSPS) is 17.9. The van der Waals surface area contributed by atoms with Crippen LogP contribution < -0.4 is 5.32 Å². The minimum absolute atomic E-state index is 0.0908. The molecule has 1 atom stereocenters. The highest BCUT2D eigenvalue weighted by molar-refractivity contribution is 5.92. The number of nitrogens with one attached hydrogen (secondary N) is 1. The molecule has 0 radical (unpaired) electrons. The Morgan fingerprint density at radius 2 is 2.36 bits per heavy atom. The molecule has 1 aromatic heterocycles. The molecule has 1 fully saturated rings. The summed E-state index contributed by atoms with van der Waals surface area (Å²) in [6, 6.07) is 2.07. The highest BCUT2D eigenvalue weighted by atomic mass is 16.3. The number of aryl methyl sites for hydroxylation is 1. The van der Waals surface area contributed by atoms with Gasteiger partial charge in [-0.2, -0.15) is 0 Å². The van der Waals surface area contributed by atoms with Gasteiger partial charge in [0.15, 0.2) is 5.76 Å². The lowest BCUT2D eigenvalue weighted by Gasteiger charge is -2.11. The first-order valence-electron chi connectivity index (χ1n) is 5.03. The topological polar surface area (TPSA) is 42.2 Å².